The van der Waals surface area contributed by atoms with Gasteiger partial charge < -0.3 is 4.74 Å². The molecule has 0 spiro atoms. The predicted molar refractivity (Wildman–Crippen MR) is 134 cm³/mol. The van der Waals surface area contributed by atoms with E-state index in [1.807, 2.05) is 30.3 Å². The molecule has 0 aliphatic rings. The third-order valence-corrected chi connectivity index (χ3v) is 5.07. The van der Waals surface area contributed by atoms with Crippen molar-refractivity contribution in [1.29, 1.82) is 0 Å². The molecule has 7 heteroatoms. The molecule has 4 aromatic rings. The molecule has 0 aliphatic carbocycles. The molecule has 2 aromatic heterocycles. The molecule has 0 unspecified atom stereocenters. The van der Waals surface area contributed by atoms with E-state index < -0.39 is 5.97 Å². The monoisotopic (exact) mass is 490 g/mol. The fourth-order valence-electron chi connectivity index (χ4n) is 2.88. The summed E-state index contributed by atoms with van der Waals surface area (Å²) in [6.45, 7) is 0. The number of hydrogen-bond acceptors (Lipinski definition) is 5. The normalized spacial score (nSPS) is 10.6. The van der Waals surface area contributed by atoms with Crippen LogP contribution in [0.15, 0.2) is 103 Å². The number of methoxy groups -OCH3 is 1. The van der Waals surface area contributed by atoms with Crippen LogP contribution >= 0.6 is 23.2 Å². The van der Waals surface area contributed by atoms with Crippen molar-refractivity contribution in [3.63, 3.8) is 0 Å². The second kappa shape index (κ2) is 12.4. The van der Waals surface area contributed by atoms with E-state index in [-0.39, 0.29) is 5.78 Å². The molecule has 0 saturated carbocycles. The van der Waals surface area contributed by atoms with Crippen molar-refractivity contribution in [3.8, 4) is 0 Å². The topological polar surface area (TPSA) is 69.2 Å². The van der Waals surface area contributed by atoms with Gasteiger partial charge in [-0.15, -0.1) is 0 Å². The smallest absolute Gasteiger partial charge is 0.331 e. The summed E-state index contributed by atoms with van der Waals surface area (Å²) in [5.41, 5.74) is 3.30. The molecule has 4 rings (SSSR count). The van der Waals surface area contributed by atoms with Crippen molar-refractivity contribution in [2.75, 3.05) is 7.11 Å². The summed E-state index contributed by atoms with van der Waals surface area (Å²) in [5, 5.41) is 1.26. The molecule has 0 atom stereocenters. The molecule has 0 bridgehead atoms. The molecule has 0 saturated heterocycles. The Balaban J connectivity index is 0.000000196. The molecule has 34 heavy (non-hydrogen) atoms. The highest BCUT2D eigenvalue weighted by Crippen LogP contribution is 2.23. The van der Waals surface area contributed by atoms with Crippen LogP contribution in [0.25, 0.3) is 5.57 Å². The van der Waals surface area contributed by atoms with Crippen molar-refractivity contribution < 1.29 is 14.3 Å². The third kappa shape index (κ3) is 7.10. The summed E-state index contributed by atoms with van der Waals surface area (Å²) in [6, 6.07) is 24.8. The summed E-state index contributed by atoms with van der Waals surface area (Å²) in [6.07, 6.45) is 4.70. The second-order valence-corrected chi connectivity index (χ2v) is 7.73. The molecule has 0 fully saturated rings. The minimum absolute atomic E-state index is 0.0905. The summed E-state index contributed by atoms with van der Waals surface area (Å²) >= 11 is 11.6. The van der Waals surface area contributed by atoms with Crippen LogP contribution in [0.2, 0.25) is 10.0 Å². The Morgan fingerprint density at radius 1 is 0.706 bits per heavy atom. The first-order valence-corrected chi connectivity index (χ1v) is 10.9. The number of halogens is 2. The zero-order valence-electron chi connectivity index (χ0n) is 18.2. The minimum atomic E-state index is -0.421. The highest BCUT2D eigenvalue weighted by Gasteiger charge is 2.10. The van der Waals surface area contributed by atoms with Crippen LogP contribution < -0.4 is 0 Å². The van der Waals surface area contributed by atoms with Crippen LogP contribution in [-0.4, -0.2) is 28.8 Å². The van der Waals surface area contributed by atoms with E-state index >= 15 is 0 Å². The Labute approximate surface area is 207 Å². The maximum absolute atomic E-state index is 11.9. The number of ether oxygens (including phenoxy) is 1. The Hall–Kier alpha value is -3.80. The number of nitrogens with zero attached hydrogens (tertiary/aromatic N) is 2. The Kier molecular flexibility index (Phi) is 9.09. The Morgan fingerprint density at radius 2 is 1.21 bits per heavy atom. The van der Waals surface area contributed by atoms with Gasteiger partial charge >= 0.3 is 5.97 Å². The predicted octanol–water partition coefficient (Wildman–Crippen LogP) is 6.31. The van der Waals surface area contributed by atoms with Gasteiger partial charge in [0.15, 0.2) is 0 Å². The lowest BCUT2D eigenvalue weighted by Crippen LogP contribution is -2.02. The van der Waals surface area contributed by atoms with Gasteiger partial charge in [0.05, 0.1) is 12.8 Å². The van der Waals surface area contributed by atoms with Gasteiger partial charge in [0.25, 0.3) is 0 Å². The molecule has 2 aromatic carbocycles. The highest BCUT2D eigenvalue weighted by atomic mass is 35.5. The summed E-state index contributed by atoms with van der Waals surface area (Å²) < 4.78 is 4.68. The maximum Gasteiger partial charge on any atom is 0.331 e. The largest absolute Gasteiger partial charge is 0.466 e. The Morgan fingerprint density at radius 3 is 1.68 bits per heavy atom. The van der Waals surface area contributed by atoms with Crippen LogP contribution in [-0.2, 0) is 9.53 Å². The van der Waals surface area contributed by atoms with Crippen molar-refractivity contribution in [3.05, 3.63) is 136 Å². The third-order valence-electron chi connectivity index (χ3n) is 4.56. The Bertz CT molecular complexity index is 1260. The lowest BCUT2D eigenvalue weighted by atomic mass is 10.0. The molecule has 0 amide bonds. The van der Waals surface area contributed by atoms with Gasteiger partial charge in [0, 0.05) is 39.7 Å². The van der Waals surface area contributed by atoms with E-state index in [4.69, 9.17) is 23.2 Å². The van der Waals surface area contributed by atoms with Crippen molar-refractivity contribution in [2.24, 2.45) is 0 Å². The number of carbonyl (C=O) groups is 2. The number of aromatic nitrogens is 2. The van der Waals surface area contributed by atoms with Gasteiger partial charge in [0.2, 0.25) is 5.78 Å². The number of benzene rings is 2. The standard InChI is InChI=1S/C15H12ClNO2.C12H8ClNO/c1-19-15(18)10-13(14-4-2-3-9-17-14)11-5-7-12(16)8-6-11;13-10-6-4-9(5-7-10)12(15)11-3-1-2-8-14-11/h2-10H,1H3;1-8H/b13-10+;. The fourth-order valence-corrected chi connectivity index (χ4v) is 3.13. The maximum atomic E-state index is 11.9. The summed E-state index contributed by atoms with van der Waals surface area (Å²) in [7, 11) is 1.34. The van der Waals surface area contributed by atoms with Crippen LogP contribution in [0.1, 0.15) is 27.3 Å². The van der Waals surface area contributed by atoms with Crippen LogP contribution in [0.5, 0.6) is 0 Å². The number of esters is 1. The number of hydrogen-bond donors (Lipinski definition) is 0. The summed E-state index contributed by atoms with van der Waals surface area (Å²) in [4.78, 5) is 31.6. The van der Waals surface area contributed by atoms with Gasteiger partial charge in [-0.25, -0.2) is 4.79 Å². The van der Waals surface area contributed by atoms with Gasteiger partial charge in [-0.1, -0.05) is 47.5 Å². The first kappa shape index (κ1) is 24.8. The van der Waals surface area contributed by atoms with E-state index in [2.05, 4.69) is 14.7 Å². The van der Waals surface area contributed by atoms with Crippen LogP contribution in [0, 0.1) is 0 Å². The van der Waals surface area contributed by atoms with Gasteiger partial charge in [-0.2, -0.15) is 0 Å². The molecule has 170 valence electrons. The van der Waals surface area contributed by atoms with E-state index in [1.165, 1.54) is 13.2 Å². The summed E-state index contributed by atoms with van der Waals surface area (Å²) in [5.74, 6) is -0.511. The van der Waals surface area contributed by atoms with E-state index in [0.29, 0.717) is 32.6 Å². The average molecular weight is 491 g/mol. The first-order valence-electron chi connectivity index (χ1n) is 10.2. The van der Waals surface area contributed by atoms with Gasteiger partial charge in [-0.3, -0.25) is 14.8 Å². The first-order chi connectivity index (χ1) is 16.5. The molecule has 0 N–H and O–H groups in total. The number of pyridine rings is 2. The second-order valence-electron chi connectivity index (χ2n) is 6.85. The minimum Gasteiger partial charge on any atom is -0.466 e. The van der Waals surface area contributed by atoms with Gasteiger partial charge in [0.1, 0.15) is 5.69 Å². The lowest BCUT2D eigenvalue weighted by molar-refractivity contribution is -0.134. The zero-order valence-corrected chi connectivity index (χ0v) is 19.7. The fraction of sp³-hybridized carbons (Fsp3) is 0.0370. The average Bonchev–Trinajstić information content (AvgIpc) is 2.89. The van der Waals surface area contributed by atoms with E-state index in [9.17, 15) is 9.59 Å². The van der Waals surface area contributed by atoms with Crippen molar-refractivity contribution in [2.45, 2.75) is 0 Å². The quantitative estimate of drug-likeness (QED) is 0.186. The molecule has 2 heterocycles. The molecule has 5 nitrogen and oxygen atoms in total. The lowest BCUT2D eigenvalue weighted by Gasteiger charge is -2.07. The van der Waals surface area contributed by atoms with Crippen LogP contribution in [0.3, 0.4) is 0 Å². The number of carbonyl (C=O) groups excluding carboxylic acids is 2. The number of rotatable bonds is 5. The zero-order chi connectivity index (χ0) is 24.3. The van der Waals surface area contributed by atoms with Crippen molar-refractivity contribution >= 4 is 40.5 Å². The van der Waals surface area contributed by atoms with E-state index in [1.54, 1.807) is 67.0 Å². The SMILES string of the molecule is COC(=O)/C=C(\c1ccc(Cl)cc1)c1ccccn1.O=C(c1ccc(Cl)cc1)c1ccccn1. The van der Waals surface area contributed by atoms with E-state index in [0.717, 1.165) is 5.56 Å². The molecular weight excluding hydrogens is 471 g/mol. The molecule has 0 aliphatic heterocycles. The van der Waals surface area contributed by atoms with Crippen molar-refractivity contribution in [1.82, 2.24) is 9.97 Å². The van der Waals surface area contributed by atoms with Gasteiger partial charge in [-0.05, 0) is 66.2 Å². The molecule has 0 radical (unpaired) electrons. The highest BCUT2D eigenvalue weighted by molar-refractivity contribution is 6.31. The molecular formula is C27H20Cl2N2O3. The number of ketones is 1. The van der Waals surface area contributed by atoms with Crippen LogP contribution in [0.4, 0.5) is 0 Å².